The van der Waals surface area contributed by atoms with Gasteiger partial charge in [-0.1, -0.05) is 71.7 Å². The number of hydrogen-bond acceptors (Lipinski definition) is 4. The number of benzene rings is 3. The van der Waals surface area contributed by atoms with E-state index < -0.39 is 0 Å². The topological polar surface area (TPSA) is 49.8 Å². The first-order valence-corrected chi connectivity index (χ1v) is 9.67. The first-order valence-electron chi connectivity index (χ1n) is 8.92. The molecule has 3 aromatic carbocycles. The Kier molecular flexibility index (Phi) is 5.60. The van der Waals surface area contributed by atoms with Crippen molar-refractivity contribution in [2.75, 3.05) is 10.6 Å². The monoisotopic (exact) mass is 408 g/mol. The number of anilines is 2. The van der Waals surface area contributed by atoms with Crippen molar-refractivity contribution < 1.29 is 0 Å². The average Bonchev–Trinajstić information content (AvgIpc) is 2.72. The maximum Gasteiger partial charge on any atom is 0.225 e. The summed E-state index contributed by atoms with van der Waals surface area (Å²) in [6, 6.07) is 23.4. The minimum absolute atomic E-state index is 0.542. The molecule has 0 aliphatic rings. The maximum absolute atomic E-state index is 6.27. The molecule has 0 unspecified atom stereocenters. The van der Waals surface area contributed by atoms with Crippen molar-refractivity contribution in [3.8, 4) is 0 Å². The summed E-state index contributed by atoms with van der Waals surface area (Å²) >= 11 is 12.5. The predicted molar refractivity (Wildman–Crippen MR) is 117 cm³/mol. The molecule has 0 radical (unpaired) electrons. The van der Waals surface area contributed by atoms with Gasteiger partial charge in [-0.25, -0.2) is 4.98 Å². The summed E-state index contributed by atoms with van der Waals surface area (Å²) in [7, 11) is 0. The van der Waals surface area contributed by atoms with Crippen LogP contribution in [0.5, 0.6) is 0 Å². The van der Waals surface area contributed by atoms with E-state index in [1.165, 1.54) is 0 Å². The van der Waals surface area contributed by atoms with E-state index in [0.717, 1.165) is 32.9 Å². The van der Waals surface area contributed by atoms with Crippen LogP contribution in [0, 0.1) is 0 Å². The highest BCUT2D eigenvalue weighted by molar-refractivity contribution is 6.31. The second-order valence-electron chi connectivity index (χ2n) is 6.30. The molecule has 0 amide bonds. The Morgan fingerprint density at radius 3 is 1.89 bits per heavy atom. The highest BCUT2D eigenvalue weighted by Crippen LogP contribution is 2.24. The second kappa shape index (κ2) is 8.46. The van der Waals surface area contributed by atoms with Crippen LogP contribution in [0.2, 0.25) is 10.0 Å². The van der Waals surface area contributed by atoms with Gasteiger partial charge in [-0.15, -0.1) is 0 Å². The number of hydrogen-bond donors (Lipinski definition) is 2. The van der Waals surface area contributed by atoms with Crippen molar-refractivity contribution in [1.29, 1.82) is 0 Å². The summed E-state index contributed by atoms with van der Waals surface area (Å²) < 4.78 is 0. The molecule has 6 heteroatoms. The lowest BCUT2D eigenvalue weighted by molar-refractivity contribution is 1.05. The summed E-state index contributed by atoms with van der Waals surface area (Å²) in [5.41, 5.74) is 2.87. The molecule has 0 atom stereocenters. The molecule has 0 fully saturated rings. The van der Waals surface area contributed by atoms with Crippen LogP contribution >= 0.6 is 23.2 Å². The molecule has 1 heterocycles. The number of nitrogens with one attached hydrogen (secondary N) is 2. The van der Waals surface area contributed by atoms with Gasteiger partial charge >= 0.3 is 0 Å². The predicted octanol–water partition coefficient (Wildman–Crippen LogP) is 6.16. The number of aromatic nitrogens is 2. The number of nitrogens with zero attached hydrogens (tertiary/aromatic N) is 2. The van der Waals surface area contributed by atoms with Crippen LogP contribution in [0.3, 0.4) is 0 Å². The Morgan fingerprint density at radius 2 is 1.21 bits per heavy atom. The molecule has 4 aromatic rings. The fourth-order valence-electron chi connectivity index (χ4n) is 2.93. The standard InChI is InChI=1S/C22H18Cl2N4/c23-18-10-4-1-7-15(18)13-25-21-17-9-3-6-12-20(17)27-22(28-21)26-14-16-8-2-5-11-19(16)24/h1-12H,13-14H2,(H2,25,26,27,28). The van der Waals surface area contributed by atoms with Gasteiger partial charge in [-0.05, 0) is 35.4 Å². The molecule has 1 aromatic heterocycles. The molecule has 4 rings (SSSR count). The van der Waals surface area contributed by atoms with Gasteiger partial charge in [0, 0.05) is 28.5 Å². The van der Waals surface area contributed by atoms with Gasteiger partial charge in [0.25, 0.3) is 0 Å². The van der Waals surface area contributed by atoms with Gasteiger partial charge in [0.1, 0.15) is 5.82 Å². The van der Waals surface area contributed by atoms with Crippen molar-refractivity contribution in [1.82, 2.24) is 9.97 Å². The molecule has 0 bridgehead atoms. The summed E-state index contributed by atoms with van der Waals surface area (Å²) in [5, 5.41) is 9.06. The summed E-state index contributed by atoms with van der Waals surface area (Å²) in [5.74, 6) is 1.30. The zero-order valence-corrected chi connectivity index (χ0v) is 16.5. The number of halogens is 2. The van der Waals surface area contributed by atoms with Crippen LogP contribution in [0.15, 0.2) is 72.8 Å². The van der Waals surface area contributed by atoms with Gasteiger partial charge < -0.3 is 10.6 Å². The minimum Gasteiger partial charge on any atom is -0.365 e. The molecule has 28 heavy (non-hydrogen) atoms. The SMILES string of the molecule is Clc1ccccc1CNc1nc(NCc2ccccc2Cl)c2ccccc2n1. The van der Waals surface area contributed by atoms with E-state index >= 15 is 0 Å². The maximum atomic E-state index is 6.27. The van der Waals surface area contributed by atoms with E-state index in [1.807, 2.05) is 72.8 Å². The van der Waals surface area contributed by atoms with Crippen molar-refractivity contribution in [3.63, 3.8) is 0 Å². The molecule has 0 saturated carbocycles. The average molecular weight is 409 g/mol. The van der Waals surface area contributed by atoms with E-state index in [1.54, 1.807) is 0 Å². The van der Waals surface area contributed by atoms with E-state index in [-0.39, 0.29) is 0 Å². The highest BCUT2D eigenvalue weighted by Gasteiger charge is 2.09. The molecule has 0 aliphatic carbocycles. The summed E-state index contributed by atoms with van der Waals surface area (Å²) in [6.07, 6.45) is 0. The van der Waals surface area contributed by atoms with E-state index in [9.17, 15) is 0 Å². The third kappa shape index (κ3) is 4.19. The highest BCUT2D eigenvalue weighted by atomic mass is 35.5. The van der Waals surface area contributed by atoms with Crippen LogP contribution in [0.4, 0.5) is 11.8 Å². The van der Waals surface area contributed by atoms with E-state index in [2.05, 4.69) is 20.6 Å². The quantitative estimate of drug-likeness (QED) is 0.400. The second-order valence-corrected chi connectivity index (χ2v) is 7.12. The van der Waals surface area contributed by atoms with Gasteiger partial charge in [0.05, 0.1) is 5.52 Å². The van der Waals surface area contributed by atoms with E-state index in [0.29, 0.717) is 24.1 Å². The molecule has 0 saturated heterocycles. The van der Waals surface area contributed by atoms with Gasteiger partial charge in [0.2, 0.25) is 5.95 Å². The lowest BCUT2D eigenvalue weighted by atomic mass is 10.2. The van der Waals surface area contributed by atoms with Gasteiger partial charge in [-0.3, -0.25) is 0 Å². The Hall–Kier alpha value is -2.82. The Balaban J connectivity index is 1.60. The van der Waals surface area contributed by atoms with Gasteiger partial charge in [-0.2, -0.15) is 4.98 Å². The van der Waals surface area contributed by atoms with E-state index in [4.69, 9.17) is 23.2 Å². The Labute approximate surface area is 173 Å². The van der Waals surface area contributed by atoms with Crippen LogP contribution in [-0.2, 0) is 13.1 Å². The third-order valence-electron chi connectivity index (χ3n) is 4.40. The van der Waals surface area contributed by atoms with Crippen LogP contribution < -0.4 is 10.6 Å². The summed E-state index contributed by atoms with van der Waals surface area (Å²) in [4.78, 5) is 9.29. The molecular weight excluding hydrogens is 391 g/mol. The lowest BCUT2D eigenvalue weighted by Crippen LogP contribution is -2.08. The lowest BCUT2D eigenvalue weighted by Gasteiger charge is -2.13. The molecule has 140 valence electrons. The molecular formula is C22H18Cl2N4. The smallest absolute Gasteiger partial charge is 0.225 e. The summed E-state index contributed by atoms with van der Waals surface area (Å²) in [6.45, 7) is 1.12. The number of rotatable bonds is 6. The Bertz CT molecular complexity index is 1110. The first-order chi connectivity index (χ1) is 13.7. The Morgan fingerprint density at radius 1 is 0.643 bits per heavy atom. The van der Waals surface area contributed by atoms with Crippen molar-refractivity contribution in [2.45, 2.75) is 13.1 Å². The molecule has 0 aliphatic heterocycles. The molecule has 2 N–H and O–H groups in total. The van der Waals surface area contributed by atoms with Crippen molar-refractivity contribution >= 4 is 45.9 Å². The fourth-order valence-corrected chi connectivity index (χ4v) is 3.33. The van der Waals surface area contributed by atoms with Gasteiger partial charge in [0.15, 0.2) is 0 Å². The number of fused-ring (bicyclic) bond motifs is 1. The third-order valence-corrected chi connectivity index (χ3v) is 5.14. The zero-order chi connectivity index (χ0) is 19.3. The van der Waals surface area contributed by atoms with Crippen LogP contribution in [0.1, 0.15) is 11.1 Å². The van der Waals surface area contributed by atoms with Crippen LogP contribution in [0.25, 0.3) is 10.9 Å². The van der Waals surface area contributed by atoms with Crippen molar-refractivity contribution in [3.05, 3.63) is 94.0 Å². The zero-order valence-electron chi connectivity index (χ0n) is 15.0. The van der Waals surface area contributed by atoms with Crippen molar-refractivity contribution in [2.24, 2.45) is 0 Å². The van der Waals surface area contributed by atoms with Crippen LogP contribution in [-0.4, -0.2) is 9.97 Å². The molecule has 4 nitrogen and oxygen atoms in total. The first kappa shape index (κ1) is 18.5. The normalized spacial score (nSPS) is 10.8. The largest absolute Gasteiger partial charge is 0.365 e. The number of para-hydroxylation sites is 1. The molecule has 0 spiro atoms. The minimum atomic E-state index is 0.542. The fraction of sp³-hybridized carbons (Fsp3) is 0.0909.